The molecule has 1 rings (SSSR count). The Bertz CT molecular complexity index is 252. The van der Waals surface area contributed by atoms with Crippen molar-refractivity contribution in [1.29, 1.82) is 0 Å². The van der Waals surface area contributed by atoms with Crippen LogP contribution in [0.3, 0.4) is 0 Å². The number of nitrogens with one attached hydrogen (secondary N) is 1. The molecule has 0 spiro atoms. The maximum atomic E-state index is 11.9. The third kappa shape index (κ3) is 4.88. The zero-order chi connectivity index (χ0) is 12.9. The number of aliphatic hydroxyl groups excluding tert-OH is 1. The second-order valence-electron chi connectivity index (χ2n) is 3.85. The van der Waals surface area contributed by atoms with E-state index in [0.717, 1.165) is 0 Å². The van der Waals surface area contributed by atoms with Gasteiger partial charge >= 0.3 is 12.1 Å². The van der Waals surface area contributed by atoms with Gasteiger partial charge in [-0.1, -0.05) is 0 Å². The number of amides is 1. The number of halogens is 3. The van der Waals surface area contributed by atoms with Crippen LogP contribution < -0.4 is 5.32 Å². The lowest BCUT2D eigenvalue weighted by Gasteiger charge is -2.34. The highest BCUT2D eigenvalue weighted by Crippen LogP contribution is 2.14. The van der Waals surface area contributed by atoms with Crippen molar-refractivity contribution in [3.8, 4) is 0 Å². The Balaban J connectivity index is 2.21. The molecule has 0 aromatic carbocycles. The molecule has 1 amide bonds. The smallest absolute Gasteiger partial charge is 0.395 e. The maximum Gasteiger partial charge on any atom is 0.471 e. The zero-order valence-electron chi connectivity index (χ0n) is 9.33. The lowest BCUT2D eigenvalue weighted by atomic mass is 10.3. The van der Waals surface area contributed by atoms with E-state index in [0.29, 0.717) is 32.7 Å². The van der Waals surface area contributed by atoms with Crippen molar-refractivity contribution in [3.63, 3.8) is 0 Å². The van der Waals surface area contributed by atoms with Crippen molar-refractivity contribution in [2.45, 2.75) is 6.18 Å². The van der Waals surface area contributed by atoms with Crippen LogP contribution in [0.1, 0.15) is 0 Å². The van der Waals surface area contributed by atoms with Crippen molar-refractivity contribution < 1.29 is 23.1 Å². The van der Waals surface area contributed by atoms with E-state index in [9.17, 15) is 18.0 Å². The normalized spacial score (nSPS) is 19.3. The van der Waals surface area contributed by atoms with Crippen molar-refractivity contribution >= 4 is 5.91 Å². The van der Waals surface area contributed by atoms with Gasteiger partial charge in [-0.3, -0.25) is 14.6 Å². The number of aliphatic hydroxyl groups is 1. The van der Waals surface area contributed by atoms with E-state index in [-0.39, 0.29) is 13.3 Å². The Kier molecular flexibility index (Phi) is 5.16. The largest absolute Gasteiger partial charge is 0.471 e. The van der Waals surface area contributed by atoms with Crippen LogP contribution in [0.5, 0.6) is 0 Å². The molecule has 1 fully saturated rings. The summed E-state index contributed by atoms with van der Waals surface area (Å²) < 4.78 is 35.7. The summed E-state index contributed by atoms with van der Waals surface area (Å²) in [5, 5.41) is 10.5. The molecule has 5 nitrogen and oxygen atoms in total. The van der Waals surface area contributed by atoms with Gasteiger partial charge in [0.2, 0.25) is 0 Å². The number of nitrogens with zero attached hydrogens (tertiary/aromatic N) is 2. The molecular weight excluding hydrogens is 239 g/mol. The summed E-state index contributed by atoms with van der Waals surface area (Å²) in [4.78, 5) is 14.3. The molecule has 0 aromatic rings. The Hall–Kier alpha value is -0.860. The molecule has 0 saturated carbocycles. The molecule has 1 saturated heterocycles. The van der Waals surface area contributed by atoms with Gasteiger partial charge in [0.05, 0.1) is 13.3 Å². The first-order chi connectivity index (χ1) is 7.93. The lowest BCUT2D eigenvalue weighted by molar-refractivity contribution is -0.174. The fourth-order valence-corrected chi connectivity index (χ4v) is 1.60. The van der Waals surface area contributed by atoms with E-state index in [1.807, 2.05) is 10.2 Å². The SMILES string of the molecule is O=C(NCN1CCN(CCO)CC1)C(F)(F)F. The number of rotatable bonds is 4. The zero-order valence-corrected chi connectivity index (χ0v) is 9.33. The average molecular weight is 255 g/mol. The summed E-state index contributed by atoms with van der Waals surface area (Å²) in [6.45, 7) is 3.08. The monoisotopic (exact) mass is 255 g/mol. The van der Waals surface area contributed by atoms with E-state index in [2.05, 4.69) is 0 Å². The highest BCUT2D eigenvalue weighted by Gasteiger charge is 2.38. The molecule has 17 heavy (non-hydrogen) atoms. The van der Waals surface area contributed by atoms with Crippen LogP contribution in [0, 0.1) is 0 Å². The fourth-order valence-electron chi connectivity index (χ4n) is 1.60. The minimum Gasteiger partial charge on any atom is -0.395 e. The molecule has 0 aliphatic carbocycles. The third-order valence-electron chi connectivity index (χ3n) is 2.60. The third-order valence-corrected chi connectivity index (χ3v) is 2.60. The number of piperazine rings is 1. The first kappa shape index (κ1) is 14.2. The Morgan fingerprint density at radius 3 is 2.18 bits per heavy atom. The van der Waals surface area contributed by atoms with E-state index in [4.69, 9.17) is 5.11 Å². The van der Waals surface area contributed by atoms with Crippen molar-refractivity contribution in [2.24, 2.45) is 0 Å². The van der Waals surface area contributed by atoms with Gasteiger partial charge in [-0.05, 0) is 0 Å². The number of β-amino-alcohol motifs (C(OH)–C–C–N with tert-alkyl or cyclic N) is 1. The average Bonchev–Trinajstić information content (AvgIpc) is 2.27. The molecular formula is C9H16F3N3O2. The molecule has 0 aromatic heterocycles. The first-order valence-electron chi connectivity index (χ1n) is 5.34. The van der Waals surface area contributed by atoms with Crippen molar-refractivity contribution in [2.75, 3.05) is 46.0 Å². The van der Waals surface area contributed by atoms with Crippen LogP contribution in [0.4, 0.5) is 13.2 Å². The van der Waals surface area contributed by atoms with Crippen LogP contribution in [-0.4, -0.2) is 73.0 Å². The van der Waals surface area contributed by atoms with Gasteiger partial charge in [-0.2, -0.15) is 13.2 Å². The molecule has 0 atom stereocenters. The van der Waals surface area contributed by atoms with Crippen LogP contribution in [-0.2, 0) is 4.79 Å². The second kappa shape index (κ2) is 6.18. The Labute approximate surface area is 97.2 Å². The fraction of sp³-hybridized carbons (Fsp3) is 0.889. The molecule has 1 heterocycles. The summed E-state index contributed by atoms with van der Waals surface area (Å²) >= 11 is 0. The molecule has 2 N–H and O–H groups in total. The summed E-state index contributed by atoms with van der Waals surface area (Å²) in [5.41, 5.74) is 0. The van der Waals surface area contributed by atoms with E-state index in [1.54, 1.807) is 4.90 Å². The van der Waals surface area contributed by atoms with Gasteiger partial charge in [0, 0.05) is 32.7 Å². The number of hydrogen-bond donors (Lipinski definition) is 2. The Morgan fingerprint density at radius 1 is 1.18 bits per heavy atom. The van der Waals surface area contributed by atoms with Gasteiger partial charge in [-0.15, -0.1) is 0 Å². The standard InChI is InChI=1S/C9H16F3N3O2/c10-9(11,12)8(17)13-7-15-3-1-14(2-4-15)5-6-16/h16H,1-7H2,(H,13,17). The number of hydrogen-bond acceptors (Lipinski definition) is 4. The summed E-state index contributed by atoms with van der Waals surface area (Å²) in [5.74, 6) is -1.91. The first-order valence-corrected chi connectivity index (χ1v) is 5.34. The van der Waals surface area contributed by atoms with Gasteiger partial charge in [0.1, 0.15) is 0 Å². The highest BCUT2D eigenvalue weighted by atomic mass is 19.4. The maximum absolute atomic E-state index is 11.9. The number of alkyl halides is 3. The summed E-state index contributed by atoms with van der Waals surface area (Å²) in [7, 11) is 0. The van der Waals surface area contributed by atoms with Crippen molar-refractivity contribution in [1.82, 2.24) is 15.1 Å². The quantitative estimate of drug-likeness (QED) is 0.693. The van der Waals surface area contributed by atoms with E-state index < -0.39 is 12.1 Å². The number of carbonyl (C=O) groups is 1. The van der Waals surface area contributed by atoms with Gasteiger partial charge in [-0.25, -0.2) is 0 Å². The molecule has 8 heteroatoms. The molecule has 0 bridgehead atoms. The predicted molar refractivity (Wildman–Crippen MR) is 54.2 cm³/mol. The van der Waals surface area contributed by atoms with Crippen LogP contribution in [0.25, 0.3) is 0 Å². The Morgan fingerprint density at radius 2 is 1.71 bits per heavy atom. The van der Waals surface area contributed by atoms with Gasteiger partial charge < -0.3 is 10.4 Å². The molecule has 1 aliphatic rings. The van der Waals surface area contributed by atoms with Crippen LogP contribution >= 0.6 is 0 Å². The summed E-state index contributed by atoms with van der Waals surface area (Å²) in [6.07, 6.45) is -4.82. The topological polar surface area (TPSA) is 55.8 Å². The van der Waals surface area contributed by atoms with Crippen LogP contribution in [0.2, 0.25) is 0 Å². The highest BCUT2D eigenvalue weighted by molar-refractivity contribution is 5.81. The molecule has 100 valence electrons. The van der Waals surface area contributed by atoms with Gasteiger partial charge in [0.15, 0.2) is 0 Å². The van der Waals surface area contributed by atoms with Crippen LogP contribution in [0.15, 0.2) is 0 Å². The minimum absolute atomic E-state index is 0.0742. The van der Waals surface area contributed by atoms with Crippen molar-refractivity contribution in [3.05, 3.63) is 0 Å². The van der Waals surface area contributed by atoms with Gasteiger partial charge in [0.25, 0.3) is 0 Å². The predicted octanol–water partition coefficient (Wildman–Crippen LogP) is -0.768. The van der Waals surface area contributed by atoms with E-state index in [1.165, 1.54) is 0 Å². The molecule has 0 unspecified atom stereocenters. The molecule has 0 radical (unpaired) electrons. The minimum atomic E-state index is -4.82. The second-order valence-corrected chi connectivity index (χ2v) is 3.85. The molecule has 1 aliphatic heterocycles. The lowest BCUT2D eigenvalue weighted by Crippen LogP contribution is -2.51. The number of carbonyl (C=O) groups excluding carboxylic acids is 1. The summed E-state index contributed by atoms with van der Waals surface area (Å²) in [6, 6.07) is 0. The van der Waals surface area contributed by atoms with E-state index >= 15 is 0 Å².